The van der Waals surface area contributed by atoms with Crippen LogP contribution in [0.1, 0.15) is 189 Å². The molecule has 0 spiro atoms. The summed E-state index contributed by atoms with van der Waals surface area (Å²) < 4.78 is 43.0. The van der Waals surface area contributed by atoms with Gasteiger partial charge < -0.3 is 13.4 Å². The van der Waals surface area contributed by atoms with E-state index in [0.717, 1.165) is 18.6 Å². The molecule has 244 valence electrons. The molecule has 2 heterocycles. The Morgan fingerprint density at radius 1 is 0.643 bits per heavy atom. The molecule has 0 radical (unpaired) electrons. The minimum absolute atomic E-state index is 0. The van der Waals surface area contributed by atoms with Gasteiger partial charge in [0, 0.05) is 11.8 Å². The van der Waals surface area contributed by atoms with Crippen LogP contribution in [0, 0.1) is 0 Å². The standard InChI is InChI=1S/C16H28O4S.C16H28O.3CH4.Na/c1-3-4-5-6-7-8-9-10-11-14(2)15-12-13-16(20-15)21(17,18)19;1-3-4-5-6-7-8-9-10-12-15(2)16-13-11-14-17-16;;;;/h12-14H,3-11H2,1-2H3,(H,17,18,19);11,13-15H,3-10,12H2,1-2H3;3*1H4;/q;;;;;+1/p-1. The van der Waals surface area contributed by atoms with E-state index in [4.69, 9.17) is 8.83 Å². The SMILES string of the molecule is C.C.C.CCCCCCCCCCC(C)c1ccc(S(=O)(=O)[O-])o1.CCCCCCCCCCC(C)c1ccco1.[Na+]. The number of furan rings is 2. The molecule has 2 aromatic heterocycles. The van der Waals surface area contributed by atoms with E-state index >= 15 is 0 Å². The Morgan fingerprint density at radius 2 is 1.05 bits per heavy atom. The van der Waals surface area contributed by atoms with Crippen molar-refractivity contribution in [2.75, 3.05) is 0 Å². The summed E-state index contributed by atoms with van der Waals surface area (Å²) in [5, 5.41) is -0.472. The summed E-state index contributed by atoms with van der Waals surface area (Å²) in [6.45, 7) is 8.76. The van der Waals surface area contributed by atoms with Crippen LogP contribution in [0.3, 0.4) is 0 Å². The molecule has 0 saturated heterocycles. The van der Waals surface area contributed by atoms with E-state index in [1.807, 2.05) is 13.0 Å². The summed E-state index contributed by atoms with van der Waals surface area (Å²) in [6.07, 6.45) is 25.3. The van der Waals surface area contributed by atoms with Crippen molar-refractivity contribution in [1.29, 1.82) is 0 Å². The molecular weight excluding hydrogens is 555 g/mol. The molecular formula is C35H67NaO5S. The van der Waals surface area contributed by atoms with Gasteiger partial charge in [0.25, 0.3) is 0 Å². The quantitative estimate of drug-likeness (QED) is 0.0786. The van der Waals surface area contributed by atoms with E-state index in [2.05, 4.69) is 26.8 Å². The smallest absolute Gasteiger partial charge is 0.742 e. The molecule has 0 aliphatic rings. The predicted octanol–water partition coefficient (Wildman–Crippen LogP) is 9.64. The van der Waals surface area contributed by atoms with Gasteiger partial charge in [-0.15, -0.1) is 0 Å². The molecule has 0 bridgehead atoms. The van der Waals surface area contributed by atoms with Gasteiger partial charge in [0.2, 0.25) is 5.09 Å². The van der Waals surface area contributed by atoms with Crippen molar-refractivity contribution in [2.24, 2.45) is 0 Å². The van der Waals surface area contributed by atoms with Gasteiger partial charge in [-0.2, -0.15) is 0 Å². The molecule has 0 aliphatic heterocycles. The summed E-state index contributed by atoms with van der Waals surface area (Å²) in [4.78, 5) is 0. The molecule has 42 heavy (non-hydrogen) atoms. The molecule has 0 aliphatic carbocycles. The number of unbranched alkanes of at least 4 members (excludes halogenated alkanes) is 14. The molecule has 2 unspecified atom stereocenters. The molecule has 2 aromatic rings. The van der Waals surface area contributed by atoms with Crippen LogP contribution in [0.4, 0.5) is 0 Å². The van der Waals surface area contributed by atoms with E-state index in [1.54, 1.807) is 12.3 Å². The first-order chi connectivity index (χ1) is 18.3. The largest absolute Gasteiger partial charge is 1.00 e. The first-order valence-electron chi connectivity index (χ1n) is 15.4. The Balaban J connectivity index is -0.000000319. The molecule has 0 aromatic carbocycles. The van der Waals surface area contributed by atoms with Gasteiger partial charge in [-0.05, 0) is 37.1 Å². The van der Waals surface area contributed by atoms with Crippen molar-refractivity contribution in [3.05, 3.63) is 42.0 Å². The van der Waals surface area contributed by atoms with E-state index in [1.165, 1.54) is 109 Å². The molecule has 2 rings (SSSR count). The Bertz CT molecular complexity index is 892. The zero-order valence-corrected chi connectivity index (χ0v) is 28.5. The van der Waals surface area contributed by atoms with Crippen molar-refractivity contribution in [3.63, 3.8) is 0 Å². The van der Waals surface area contributed by atoms with Gasteiger partial charge in [-0.3, -0.25) is 0 Å². The number of hydrogen-bond donors (Lipinski definition) is 0. The first-order valence-corrected chi connectivity index (χ1v) is 16.8. The second kappa shape index (κ2) is 30.5. The van der Waals surface area contributed by atoms with Crippen LogP contribution in [0.5, 0.6) is 0 Å². The molecule has 0 amide bonds. The third kappa shape index (κ3) is 23.9. The van der Waals surface area contributed by atoms with E-state index in [-0.39, 0.29) is 57.8 Å². The van der Waals surface area contributed by atoms with Crippen molar-refractivity contribution in [3.8, 4) is 0 Å². The van der Waals surface area contributed by atoms with Crippen molar-refractivity contribution in [1.82, 2.24) is 0 Å². The summed E-state index contributed by atoms with van der Waals surface area (Å²) in [7, 11) is -4.47. The second-order valence-electron chi connectivity index (χ2n) is 11.0. The Labute approximate surface area is 284 Å². The fraction of sp³-hybridized carbons (Fsp3) is 0.771. The Hall–Kier alpha value is -0.530. The van der Waals surface area contributed by atoms with E-state index < -0.39 is 15.2 Å². The monoisotopic (exact) mass is 622 g/mol. The third-order valence-corrected chi connectivity index (χ3v) is 8.06. The van der Waals surface area contributed by atoms with Gasteiger partial charge in [0.1, 0.15) is 11.5 Å². The zero-order chi connectivity index (χ0) is 28.1. The minimum atomic E-state index is -4.47. The second-order valence-corrected chi connectivity index (χ2v) is 12.3. The van der Waals surface area contributed by atoms with Crippen molar-refractivity contribution >= 4 is 10.1 Å². The minimum Gasteiger partial charge on any atom is -0.742 e. The average Bonchev–Trinajstić information content (AvgIpc) is 3.60. The van der Waals surface area contributed by atoms with Crippen molar-refractivity contribution < 1.29 is 51.4 Å². The topological polar surface area (TPSA) is 83.5 Å². The normalized spacial score (nSPS) is 11.9. The maximum atomic E-state index is 10.8. The summed E-state index contributed by atoms with van der Waals surface area (Å²) >= 11 is 0. The molecule has 2 atom stereocenters. The summed E-state index contributed by atoms with van der Waals surface area (Å²) in [5.41, 5.74) is 0. The van der Waals surface area contributed by atoms with Crippen LogP contribution in [-0.2, 0) is 10.1 Å². The van der Waals surface area contributed by atoms with Crippen LogP contribution in [0.2, 0.25) is 0 Å². The average molecular weight is 623 g/mol. The molecule has 0 N–H and O–H groups in total. The first kappa shape index (κ1) is 48.4. The van der Waals surface area contributed by atoms with Gasteiger partial charge in [0.05, 0.1) is 6.26 Å². The Morgan fingerprint density at radius 3 is 1.40 bits per heavy atom. The van der Waals surface area contributed by atoms with Crippen LogP contribution < -0.4 is 29.6 Å². The summed E-state index contributed by atoms with van der Waals surface area (Å²) in [6, 6.07) is 6.93. The molecule has 7 heteroatoms. The number of rotatable bonds is 21. The van der Waals surface area contributed by atoms with Crippen LogP contribution in [-0.4, -0.2) is 13.0 Å². The van der Waals surface area contributed by atoms with Gasteiger partial charge in [0.15, 0.2) is 10.1 Å². The zero-order valence-electron chi connectivity index (χ0n) is 25.7. The van der Waals surface area contributed by atoms with Crippen molar-refractivity contribution in [2.45, 2.75) is 182 Å². The Kier molecular flexibility index (Phi) is 35.1. The van der Waals surface area contributed by atoms with Gasteiger partial charge in [-0.1, -0.05) is 153 Å². The van der Waals surface area contributed by atoms with Crippen LogP contribution in [0.25, 0.3) is 0 Å². The van der Waals surface area contributed by atoms with E-state index in [0.29, 0.717) is 11.7 Å². The summed E-state index contributed by atoms with van der Waals surface area (Å²) in [5.74, 6) is 2.48. The van der Waals surface area contributed by atoms with E-state index in [9.17, 15) is 13.0 Å². The molecule has 0 fully saturated rings. The molecule has 0 saturated carbocycles. The number of hydrogen-bond acceptors (Lipinski definition) is 5. The molecule has 5 nitrogen and oxygen atoms in total. The maximum Gasteiger partial charge on any atom is 1.00 e. The van der Waals surface area contributed by atoms with Crippen LogP contribution in [0.15, 0.2) is 44.5 Å². The fourth-order valence-electron chi connectivity index (χ4n) is 4.76. The predicted molar refractivity (Wildman–Crippen MR) is 177 cm³/mol. The van der Waals surface area contributed by atoms with Crippen LogP contribution >= 0.6 is 0 Å². The maximum absolute atomic E-state index is 10.8. The fourth-order valence-corrected chi connectivity index (χ4v) is 5.19. The van der Waals surface area contributed by atoms with Gasteiger partial charge >= 0.3 is 29.6 Å². The van der Waals surface area contributed by atoms with Gasteiger partial charge in [-0.25, -0.2) is 8.42 Å². The third-order valence-electron chi connectivity index (χ3n) is 7.34.